The maximum Gasteiger partial charge on any atom is 0.230 e. The first-order valence-corrected chi connectivity index (χ1v) is 14.1. The molecule has 4 rings (SSSR count). The number of hydrogen-bond acceptors (Lipinski definition) is 6. The molecule has 1 aromatic heterocycles. The molecule has 0 bridgehead atoms. The van der Waals surface area contributed by atoms with E-state index in [1.54, 1.807) is 37.3 Å². The third-order valence-electron chi connectivity index (χ3n) is 5.34. The average Bonchev–Trinajstić information content (AvgIpc) is 3.28. The minimum atomic E-state index is -3.32. The van der Waals surface area contributed by atoms with Crippen molar-refractivity contribution in [2.75, 3.05) is 11.1 Å². The highest BCUT2D eigenvalue weighted by Gasteiger charge is 2.25. The summed E-state index contributed by atoms with van der Waals surface area (Å²) in [7, 11) is -3.32. The van der Waals surface area contributed by atoms with Gasteiger partial charge in [0.2, 0.25) is 11.7 Å². The Morgan fingerprint density at radius 2 is 1.56 bits per heavy atom. The van der Waals surface area contributed by atoms with Crippen LogP contribution in [0.15, 0.2) is 77.7 Å². The third kappa shape index (κ3) is 5.68. The molecule has 3 aromatic carbocycles. The SMILES string of the molecule is CCS(=O)(=O)c1ccc(CC(=O)Nc2nc(-c3ccccc3)c(C(=O)c3c(Cl)cccc3Cl)s2)cc1. The zero-order valence-electron chi connectivity index (χ0n) is 19.0. The van der Waals surface area contributed by atoms with E-state index in [1.807, 2.05) is 30.3 Å². The van der Waals surface area contributed by atoms with Crippen LogP contribution < -0.4 is 5.32 Å². The lowest BCUT2D eigenvalue weighted by molar-refractivity contribution is -0.115. The van der Waals surface area contributed by atoms with Gasteiger partial charge < -0.3 is 5.32 Å². The number of hydrogen-bond donors (Lipinski definition) is 1. The molecule has 0 saturated carbocycles. The highest BCUT2D eigenvalue weighted by molar-refractivity contribution is 7.91. The van der Waals surface area contributed by atoms with Crippen LogP contribution in [0.25, 0.3) is 11.3 Å². The fraction of sp³-hybridized carbons (Fsp3) is 0.115. The fourth-order valence-corrected chi connectivity index (χ4v) is 5.88. The van der Waals surface area contributed by atoms with Gasteiger partial charge in [0, 0.05) is 5.56 Å². The van der Waals surface area contributed by atoms with Gasteiger partial charge in [-0.15, -0.1) is 0 Å². The van der Waals surface area contributed by atoms with E-state index in [0.717, 1.165) is 11.3 Å². The van der Waals surface area contributed by atoms with E-state index >= 15 is 0 Å². The van der Waals surface area contributed by atoms with Crippen molar-refractivity contribution in [1.29, 1.82) is 0 Å². The summed E-state index contributed by atoms with van der Waals surface area (Å²) in [5.41, 5.74) is 1.92. The summed E-state index contributed by atoms with van der Waals surface area (Å²) in [6, 6.07) is 20.1. The van der Waals surface area contributed by atoms with Gasteiger partial charge in [0.25, 0.3) is 0 Å². The summed E-state index contributed by atoms with van der Waals surface area (Å²) in [6.45, 7) is 1.58. The highest BCUT2D eigenvalue weighted by atomic mass is 35.5. The van der Waals surface area contributed by atoms with Crippen molar-refractivity contribution >= 4 is 61.2 Å². The molecule has 10 heteroatoms. The van der Waals surface area contributed by atoms with E-state index in [2.05, 4.69) is 10.3 Å². The van der Waals surface area contributed by atoms with Gasteiger partial charge >= 0.3 is 0 Å². The molecule has 0 fully saturated rings. The Morgan fingerprint density at radius 3 is 2.17 bits per heavy atom. The number of anilines is 1. The lowest BCUT2D eigenvalue weighted by atomic mass is 10.0. The molecule has 0 aliphatic heterocycles. The Hall–Kier alpha value is -3.04. The van der Waals surface area contributed by atoms with Crippen molar-refractivity contribution in [1.82, 2.24) is 4.98 Å². The predicted octanol–water partition coefficient (Wildman–Crippen LogP) is 6.32. The summed E-state index contributed by atoms with van der Waals surface area (Å²) in [5.74, 6) is -0.749. The van der Waals surface area contributed by atoms with E-state index in [-0.39, 0.29) is 43.7 Å². The Bertz CT molecular complexity index is 1510. The van der Waals surface area contributed by atoms with Gasteiger partial charge in [-0.05, 0) is 29.8 Å². The second-order valence-corrected chi connectivity index (χ2v) is 11.9. The molecule has 1 N–H and O–H groups in total. The van der Waals surface area contributed by atoms with Crippen LogP contribution >= 0.6 is 34.5 Å². The summed E-state index contributed by atoms with van der Waals surface area (Å²) >= 11 is 13.6. The molecule has 1 amide bonds. The molecule has 0 aliphatic carbocycles. The molecule has 4 aromatic rings. The van der Waals surface area contributed by atoms with E-state index in [0.29, 0.717) is 21.7 Å². The first kappa shape index (κ1) is 26.0. The second-order valence-electron chi connectivity index (χ2n) is 7.76. The van der Waals surface area contributed by atoms with E-state index < -0.39 is 15.6 Å². The zero-order chi connectivity index (χ0) is 25.9. The van der Waals surface area contributed by atoms with Gasteiger partial charge in [0.1, 0.15) is 4.88 Å². The molecule has 6 nitrogen and oxygen atoms in total. The van der Waals surface area contributed by atoms with Crippen molar-refractivity contribution in [3.63, 3.8) is 0 Å². The summed E-state index contributed by atoms with van der Waals surface area (Å²) in [6.07, 6.45) is 0.00627. The van der Waals surface area contributed by atoms with Crippen molar-refractivity contribution in [3.05, 3.63) is 98.8 Å². The number of carbonyl (C=O) groups excluding carboxylic acids is 2. The zero-order valence-corrected chi connectivity index (χ0v) is 22.1. The minimum absolute atomic E-state index is 0.00108. The monoisotopic (exact) mass is 558 g/mol. The molecule has 0 atom stereocenters. The number of nitrogens with one attached hydrogen (secondary N) is 1. The number of thiazole rings is 1. The molecule has 0 radical (unpaired) electrons. The van der Waals surface area contributed by atoms with Gasteiger partial charge in [-0.3, -0.25) is 9.59 Å². The molecule has 184 valence electrons. The van der Waals surface area contributed by atoms with Crippen molar-refractivity contribution < 1.29 is 18.0 Å². The standard InChI is InChI=1S/C26H20Cl2N2O4S2/c1-2-36(33,34)18-13-11-16(12-14-18)15-21(31)29-26-30-23(17-7-4-3-5-8-17)25(35-26)24(32)22-19(27)9-6-10-20(22)28/h3-14H,2,15H2,1H3,(H,29,30,31). The van der Waals surface area contributed by atoms with Crippen LogP contribution in [0.4, 0.5) is 5.13 Å². The van der Waals surface area contributed by atoms with Crippen molar-refractivity contribution in [2.24, 2.45) is 0 Å². The molecular weight excluding hydrogens is 539 g/mol. The van der Waals surface area contributed by atoms with Crippen LogP contribution in [0.3, 0.4) is 0 Å². The number of halogens is 2. The smallest absolute Gasteiger partial charge is 0.230 e. The average molecular weight is 559 g/mol. The molecule has 0 saturated heterocycles. The fourth-order valence-electron chi connectivity index (χ4n) is 3.48. The van der Waals surface area contributed by atoms with Crippen molar-refractivity contribution in [2.45, 2.75) is 18.2 Å². The topological polar surface area (TPSA) is 93.2 Å². The van der Waals surface area contributed by atoms with Crippen molar-refractivity contribution in [3.8, 4) is 11.3 Å². The number of benzene rings is 3. The lowest BCUT2D eigenvalue weighted by Gasteiger charge is -2.06. The number of carbonyl (C=O) groups is 2. The highest BCUT2D eigenvalue weighted by Crippen LogP contribution is 2.36. The van der Waals surface area contributed by atoms with Gasteiger partial charge in [-0.2, -0.15) is 0 Å². The van der Waals surface area contributed by atoms with E-state index in [4.69, 9.17) is 23.2 Å². The van der Waals surface area contributed by atoms with E-state index in [9.17, 15) is 18.0 Å². The van der Waals surface area contributed by atoms with Gasteiger partial charge in [0.15, 0.2) is 15.0 Å². The van der Waals surface area contributed by atoms with Crippen LogP contribution in [0.2, 0.25) is 10.0 Å². The number of ketones is 1. The minimum Gasteiger partial charge on any atom is -0.302 e. The van der Waals surface area contributed by atoms with Crippen LogP contribution in [-0.4, -0.2) is 30.8 Å². The quantitative estimate of drug-likeness (QED) is 0.255. The number of nitrogens with zero attached hydrogens (tertiary/aromatic N) is 1. The second kappa shape index (κ2) is 10.9. The predicted molar refractivity (Wildman–Crippen MR) is 144 cm³/mol. The van der Waals surface area contributed by atoms with Gasteiger partial charge in [-0.1, -0.05) is 90.0 Å². The molecular formula is C26H20Cl2N2O4S2. The third-order valence-corrected chi connectivity index (χ3v) is 8.69. The first-order chi connectivity index (χ1) is 17.2. The number of rotatable bonds is 8. The Balaban J connectivity index is 1.61. The Kier molecular flexibility index (Phi) is 7.90. The van der Waals surface area contributed by atoms with Crippen LogP contribution in [0.1, 0.15) is 27.7 Å². The maximum atomic E-state index is 13.4. The van der Waals surface area contributed by atoms with Gasteiger partial charge in [0.05, 0.1) is 38.4 Å². The number of aromatic nitrogens is 1. The number of amides is 1. The molecule has 1 heterocycles. The number of sulfone groups is 1. The molecule has 0 spiro atoms. The van der Waals surface area contributed by atoms with Crippen LogP contribution in [0, 0.1) is 0 Å². The summed E-state index contributed by atoms with van der Waals surface area (Å²) in [4.78, 5) is 31.2. The van der Waals surface area contributed by atoms with Gasteiger partial charge in [-0.25, -0.2) is 13.4 Å². The maximum absolute atomic E-state index is 13.4. The molecule has 0 aliphatic rings. The van der Waals surface area contributed by atoms with Crippen LogP contribution in [0.5, 0.6) is 0 Å². The first-order valence-electron chi connectivity index (χ1n) is 10.9. The van der Waals surface area contributed by atoms with Crippen LogP contribution in [-0.2, 0) is 21.1 Å². The Morgan fingerprint density at radius 1 is 0.917 bits per heavy atom. The van der Waals surface area contributed by atoms with E-state index in [1.165, 1.54) is 12.1 Å². The molecule has 36 heavy (non-hydrogen) atoms. The normalized spacial score (nSPS) is 11.3. The largest absolute Gasteiger partial charge is 0.302 e. The Labute approximate surface area is 222 Å². The lowest BCUT2D eigenvalue weighted by Crippen LogP contribution is -2.14. The summed E-state index contributed by atoms with van der Waals surface area (Å²) < 4.78 is 24.0. The summed E-state index contributed by atoms with van der Waals surface area (Å²) in [5, 5.41) is 3.43. The molecule has 0 unspecified atom stereocenters.